The first-order chi connectivity index (χ1) is 9.78. The number of benzene rings is 1. The van der Waals surface area contributed by atoms with E-state index in [9.17, 15) is 4.79 Å². The van der Waals surface area contributed by atoms with Crippen molar-refractivity contribution in [2.75, 3.05) is 13.1 Å². The maximum absolute atomic E-state index is 11.8. The lowest BCUT2D eigenvalue weighted by Crippen LogP contribution is -2.46. The molecule has 1 aliphatic heterocycles. The zero-order valence-corrected chi connectivity index (χ0v) is 12.3. The zero-order valence-electron chi connectivity index (χ0n) is 12.3. The maximum Gasteiger partial charge on any atom is 0.223 e. The van der Waals surface area contributed by atoms with E-state index in [1.165, 1.54) is 11.1 Å². The van der Waals surface area contributed by atoms with E-state index in [0.29, 0.717) is 12.0 Å². The second-order valence-electron chi connectivity index (χ2n) is 6.07. The van der Waals surface area contributed by atoms with Crippen molar-refractivity contribution in [1.29, 1.82) is 0 Å². The van der Waals surface area contributed by atoms with Crippen molar-refractivity contribution in [2.24, 2.45) is 5.92 Å². The smallest absolute Gasteiger partial charge is 0.223 e. The number of nitrogens with zero attached hydrogens (tertiary/aromatic N) is 1. The van der Waals surface area contributed by atoms with E-state index in [-0.39, 0.29) is 5.91 Å². The van der Waals surface area contributed by atoms with Crippen LogP contribution in [0.5, 0.6) is 0 Å². The van der Waals surface area contributed by atoms with Gasteiger partial charge < -0.3 is 5.32 Å². The summed E-state index contributed by atoms with van der Waals surface area (Å²) in [6, 6.07) is 9.19. The summed E-state index contributed by atoms with van der Waals surface area (Å²) in [4.78, 5) is 14.3. The minimum atomic E-state index is 0.265. The van der Waals surface area contributed by atoms with Gasteiger partial charge in [0.1, 0.15) is 0 Å². The van der Waals surface area contributed by atoms with Gasteiger partial charge in [-0.3, -0.25) is 9.69 Å². The second kappa shape index (κ2) is 5.96. The van der Waals surface area contributed by atoms with Gasteiger partial charge in [-0.05, 0) is 36.8 Å². The second-order valence-corrected chi connectivity index (χ2v) is 6.07. The van der Waals surface area contributed by atoms with Gasteiger partial charge in [-0.2, -0.15) is 0 Å². The fraction of sp³-hybridized carbons (Fsp3) is 0.588. The number of hydrogen-bond acceptors (Lipinski definition) is 2. The minimum absolute atomic E-state index is 0.265. The van der Waals surface area contributed by atoms with Crippen LogP contribution in [0.2, 0.25) is 0 Å². The zero-order chi connectivity index (χ0) is 13.9. The molecule has 0 radical (unpaired) electrons. The van der Waals surface area contributed by atoms with Crippen molar-refractivity contribution >= 4 is 5.91 Å². The number of carbonyl (C=O) groups excluding carboxylic acids is 1. The van der Waals surface area contributed by atoms with Crippen molar-refractivity contribution in [3.05, 3.63) is 35.4 Å². The van der Waals surface area contributed by atoms with Crippen molar-refractivity contribution < 1.29 is 4.79 Å². The summed E-state index contributed by atoms with van der Waals surface area (Å²) in [7, 11) is 0. The minimum Gasteiger partial charge on any atom is -0.354 e. The van der Waals surface area contributed by atoms with Crippen molar-refractivity contribution in [3.8, 4) is 0 Å². The molecule has 2 aliphatic rings. The monoisotopic (exact) mass is 272 g/mol. The molecule has 3 rings (SSSR count). The maximum atomic E-state index is 11.8. The van der Waals surface area contributed by atoms with Crippen LogP contribution in [0, 0.1) is 5.92 Å². The molecule has 20 heavy (non-hydrogen) atoms. The molecule has 0 saturated heterocycles. The molecule has 108 valence electrons. The molecule has 0 aromatic heterocycles. The fourth-order valence-corrected chi connectivity index (χ4v) is 3.07. The fourth-order valence-electron chi connectivity index (χ4n) is 3.07. The highest BCUT2D eigenvalue weighted by Gasteiger charge is 2.30. The van der Waals surface area contributed by atoms with Gasteiger partial charge in [0.2, 0.25) is 5.91 Å². The number of nitrogens with one attached hydrogen (secondary N) is 1. The standard InChI is InChI=1S/C17H24N2O/c1-2-16(11-18-17(20)14-7-8-14)19-10-9-13-5-3-4-6-15(13)12-19/h3-6,14,16H,2,7-12H2,1H3,(H,18,20). The number of fused-ring (bicyclic) bond motifs is 1. The molecule has 3 nitrogen and oxygen atoms in total. The Balaban J connectivity index is 1.58. The average Bonchev–Trinajstić information content (AvgIpc) is 3.32. The van der Waals surface area contributed by atoms with E-state index in [1.807, 2.05) is 0 Å². The first-order valence-corrected chi connectivity index (χ1v) is 7.86. The van der Waals surface area contributed by atoms with Crippen LogP contribution in [-0.2, 0) is 17.8 Å². The lowest BCUT2D eigenvalue weighted by Gasteiger charge is -2.35. The number of amides is 1. The van der Waals surface area contributed by atoms with Crippen molar-refractivity contribution in [3.63, 3.8) is 0 Å². The van der Waals surface area contributed by atoms with Gasteiger partial charge in [0.05, 0.1) is 0 Å². The normalized spacial score (nSPS) is 20.2. The van der Waals surface area contributed by atoms with Crippen LogP contribution in [0.25, 0.3) is 0 Å². The summed E-state index contributed by atoms with van der Waals surface area (Å²) in [6.45, 7) is 5.14. The van der Waals surface area contributed by atoms with Crippen LogP contribution in [0.15, 0.2) is 24.3 Å². The summed E-state index contributed by atoms with van der Waals surface area (Å²) >= 11 is 0. The molecule has 1 atom stereocenters. The van der Waals surface area contributed by atoms with Crippen LogP contribution in [-0.4, -0.2) is 29.9 Å². The number of carbonyl (C=O) groups is 1. The quantitative estimate of drug-likeness (QED) is 0.892. The third-order valence-corrected chi connectivity index (χ3v) is 4.61. The first-order valence-electron chi connectivity index (χ1n) is 7.86. The third kappa shape index (κ3) is 3.04. The topological polar surface area (TPSA) is 32.3 Å². The highest BCUT2D eigenvalue weighted by Crippen LogP contribution is 2.28. The summed E-state index contributed by atoms with van der Waals surface area (Å²) in [5.74, 6) is 0.579. The first kappa shape index (κ1) is 13.6. The number of rotatable bonds is 5. The summed E-state index contributed by atoms with van der Waals surface area (Å²) < 4.78 is 0. The van der Waals surface area contributed by atoms with E-state index in [2.05, 4.69) is 41.4 Å². The Labute approximate surface area is 121 Å². The summed E-state index contributed by atoms with van der Waals surface area (Å²) in [6.07, 6.45) is 4.38. The molecule has 1 heterocycles. The molecular weight excluding hydrogens is 248 g/mol. The predicted octanol–water partition coefficient (Wildman–Crippen LogP) is 2.35. The van der Waals surface area contributed by atoms with E-state index in [1.54, 1.807) is 0 Å². The Morgan fingerprint density at radius 1 is 1.35 bits per heavy atom. The van der Waals surface area contributed by atoms with Gasteiger partial charge in [-0.15, -0.1) is 0 Å². The molecule has 1 aliphatic carbocycles. The predicted molar refractivity (Wildman–Crippen MR) is 80.4 cm³/mol. The lowest BCUT2D eigenvalue weighted by atomic mass is 9.98. The van der Waals surface area contributed by atoms with E-state index in [0.717, 1.165) is 45.3 Å². The summed E-state index contributed by atoms with van der Waals surface area (Å²) in [5.41, 5.74) is 2.94. The largest absolute Gasteiger partial charge is 0.354 e. The SMILES string of the molecule is CCC(CNC(=O)C1CC1)N1CCc2ccccc2C1. The molecule has 0 spiro atoms. The van der Waals surface area contributed by atoms with E-state index < -0.39 is 0 Å². The van der Waals surface area contributed by atoms with Gasteiger partial charge in [-0.25, -0.2) is 0 Å². The Morgan fingerprint density at radius 3 is 2.80 bits per heavy atom. The van der Waals surface area contributed by atoms with Crippen molar-refractivity contribution in [2.45, 2.75) is 45.2 Å². The van der Waals surface area contributed by atoms with Crippen molar-refractivity contribution in [1.82, 2.24) is 10.2 Å². The highest BCUT2D eigenvalue weighted by molar-refractivity contribution is 5.80. The molecule has 1 fully saturated rings. The van der Waals surface area contributed by atoms with Crippen LogP contribution < -0.4 is 5.32 Å². The molecule has 1 aromatic carbocycles. The summed E-state index contributed by atoms with van der Waals surface area (Å²) in [5, 5.41) is 3.14. The van der Waals surface area contributed by atoms with Gasteiger partial charge >= 0.3 is 0 Å². The number of hydrogen-bond donors (Lipinski definition) is 1. The Bertz CT molecular complexity index is 482. The molecule has 1 amide bonds. The lowest BCUT2D eigenvalue weighted by molar-refractivity contribution is -0.122. The Kier molecular flexibility index (Phi) is 4.06. The van der Waals surface area contributed by atoms with Crippen LogP contribution in [0.4, 0.5) is 0 Å². The molecule has 3 heteroatoms. The Morgan fingerprint density at radius 2 is 2.10 bits per heavy atom. The van der Waals surface area contributed by atoms with Gasteiger partial charge in [0.25, 0.3) is 0 Å². The van der Waals surface area contributed by atoms with Crippen LogP contribution >= 0.6 is 0 Å². The van der Waals surface area contributed by atoms with Gasteiger partial charge in [0, 0.05) is 31.6 Å². The molecule has 1 aromatic rings. The molecule has 1 saturated carbocycles. The van der Waals surface area contributed by atoms with Crippen LogP contribution in [0.1, 0.15) is 37.3 Å². The molecule has 0 bridgehead atoms. The van der Waals surface area contributed by atoms with Gasteiger partial charge in [-0.1, -0.05) is 31.2 Å². The Hall–Kier alpha value is -1.35. The molecule has 1 unspecified atom stereocenters. The molecular formula is C17H24N2O. The van der Waals surface area contributed by atoms with E-state index in [4.69, 9.17) is 0 Å². The molecule has 1 N–H and O–H groups in total. The van der Waals surface area contributed by atoms with E-state index >= 15 is 0 Å². The van der Waals surface area contributed by atoms with Gasteiger partial charge in [0.15, 0.2) is 0 Å². The third-order valence-electron chi connectivity index (χ3n) is 4.61. The van der Waals surface area contributed by atoms with Crippen LogP contribution in [0.3, 0.4) is 0 Å². The average molecular weight is 272 g/mol. The highest BCUT2D eigenvalue weighted by atomic mass is 16.2.